The van der Waals surface area contributed by atoms with E-state index in [0.29, 0.717) is 5.56 Å². The van der Waals surface area contributed by atoms with E-state index in [0.717, 1.165) is 49.3 Å². The number of hydrogen-bond acceptors (Lipinski definition) is 4. The highest BCUT2D eigenvalue weighted by Gasteiger charge is 2.19. The number of rotatable bonds is 17. The van der Waals surface area contributed by atoms with Crippen molar-refractivity contribution in [2.75, 3.05) is 0 Å². The number of carbonyl (C=O) groups is 2. The molecule has 0 atom stereocenters. The summed E-state index contributed by atoms with van der Waals surface area (Å²) < 4.78 is 25.6. The molecule has 0 aliphatic heterocycles. The van der Waals surface area contributed by atoms with E-state index in [2.05, 4.69) is 31.2 Å². The summed E-state index contributed by atoms with van der Waals surface area (Å²) in [6.45, 7) is 6.28. The van der Waals surface area contributed by atoms with Gasteiger partial charge >= 0.3 is 11.9 Å². The van der Waals surface area contributed by atoms with Crippen molar-refractivity contribution in [1.82, 2.24) is 0 Å². The van der Waals surface area contributed by atoms with Crippen LogP contribution in [0.5, 0.6) is 5.75 Å². The van der Waals surface area contributed by atoms with Crippen LogP contribution in [0.1, 0.15) is 118 Å². The van der Waals surface area contributed by atoms with E-state index in [1.54, 1.807) is 12.1 Å². The second-order valence-corrected chi connectivity index (χ2v) is 10.8. The van der Waals surface area contributed by atoms with Gasteiger partial charge in [-0.2, -0.15) is 0 Å². The summed E-state index contributed by atoms with van der Waals surface area (Å²) in [5.41, 5.74) is 3.62. The molecule has 0 radical (unpaired) electrons. The van der Waals surface area contributed by atoms with E-state index in [1.165, 1.54) is 62.6 Å². The molecule has 0 aliphatic rings. The Labute approximate surface area is 245 Å². The predicted octanol–water partition coefficient (Wildman–Crippen LogP) is 10.1. The highest BCUT2D eigenvalue weighted by molar-refractivity contribution is 5.92. The first kappa shape index (κ1) is 32.0. The fraction of sp³-hybridized carbons (Fsp3) is 0.444. The third-order valence-electron chi connectivity index (χ3n) is 7.34. The Bertz CT molecular complexity index is 1210. The standard InChI is InChI=1S/C36H45FO4/c1-4-7-8-9-10-11-12-15-27-16-18-28(19-17-27)29-20-22-30(23-21-29)35(38)41-32-24-25-33(34(37)26-32)36(39)40-31(13-5-2)14-6-3/h16-26,31H,4-15H2,1-3H3. The molecule has 3 rings (SSSR count). The molecule has 0 saturated carbocycles. The molecule has 220 valence electrons. The Hall–Kier alpha value is -3.47. The topological polar surface area (TPSA) is 52.6 Å². The van der Waals surface area contributed by atoms with Crippen molar-refractivity contribution in [3.05, 3.63) is 89.2 Å². The lowest BCUT2D eigenvalue weighted by Gasteiger charge is -2.16. The molecule has 0 aliphatic carbocycles. The van der Waals surface area contributed by atoms with Gasteiger partial charge in [0.05, 0.1) is 11.1 Å². The molecule has 41 heavy (non-hydrogen) atoms. The van der Waals surface area contributed by atoms with Gasteiger partial charge in [0, 0.05) is 6.07 Å². The van der Waals surface area contributed by atoms with Gasteiger partial charge in [0.2, 0.25) is 0 Å². The molecule has 0 fully saturated rings. The van der Waals surface area contributed by atoms with Gasteiger partial charge in [0.25, 0.3) is 0 Å². The van der Waals surface area contributed by atoms with E-state index >= 15 is 0 Å². The van der Waals surface area contributed by atoms with Gasteiger partial charge < -0.3 is 9.47 Å². The van der Waals surface area contributed by atoms with Crippen LogP contribution >= 0.6 is 0 Å². The van der Waals surface area contributed by atoms with Crippen molar-refractivity contribution in [3.63, 3.8) is 0 Å². The highest BCUT2D eigenvalue weighted by atomic mass is 19.1. The summed E-state index contributed by atoms with van der Waals surface area (Å²) in [4.78, 5) is 25.2. The second kappa shape index (κ2) is 17.4. The van der Waals surface area contributed by atoms with E-state index in [1.807, 2.05) is 26.0 Å². The fourth-order valence-electron chi connectivity index (χ4n) is 4.96. The zero-order valence-electron chi connectivity index (χ0n) is 24.9. The van der Waals surface area contributed by atoms with Crippen molar-refractivity contribution in [2.24, 2.45) is 0 Å². The summed E-state index contributed by atoms with van der Waals surface area (Å²) in [7, 11) is 0. The Kier molecular flexibility index (Phi) is 13.6. The Morgan fingerprint density at radius 1 is 0.683 bits per heavy atom. The van der Waals surface area contributed by atoms with Gasteiger partial charge in [-0.3, -0.25) is 0 Å². The van der Waals surface area contributed by atoms with Gasteiger partial charge in [0.1, 0.15) is 17.7 Å². The summed E-state index contributed by atoms with van der Waals surface area (Å²) in [6.07, 6.45) is 13.2. The summed E-state index contributed by atoms with van der Waals surface area (Å²) >= 11 is 0. The monoisotopic (exact) mass is 560 g/mol. The number of hydrogen-bond donors (Lipinski definition) is 0. The van der Waals surface area contributed by atoms with Gasteiger partial charge in [-0.05, 0) is 66.6 Å². The van der Waals surface area contributed by atoms with E-state index in [4.69, 9.17) is 9.47 Å². The Morgan fingerprint density at radius 2 is 1.27 bits per heavy atom. The van der Waals surface area contributed by atoms with Crippen LogP contribution in [0.2, 0.25) is 0 Å². The van der Waals surface area contributed by atoms with Gasteiger partial charge in [-0.1, -0.05) is 109 Å². The average molecular weight is 561 g/mol. The highest BCUT2D eigenvalue weighted by Crippen LogP contribution is 2.24. The third-order valence-corrected chi connectivity index (χ3v) is 7.34. The molecule has 0 saturated heterocycles. The quantitative estimate of drug-likeness (QED) is 0.0936. The molecular weight excluding hydrogens is 515 g/mol. The van der Waals surface area contributed by atoms with Crippen LogP contribution in [-0.4, -0.2) is 18.0 Å². The maximum absolute atomic E-state index is 14.7. The Morgan fingerprint density at radius 3 is 1.85 bits per heavy atom. The molecule has 0 N–H and O–H groups in total. The number of halogens is 1. The minimum absolute atomic E-state index is 0.0309. The molecule has 0 bridgehead atoms. The van der Waals surface area contributed by atoms with E-state index in [-0.39, 0.29) is 17.4 Å². The van der Waals surface area contributed by atoms with Gasteiger partial charge in [-0.25, -0.2) is 14.0 Å². The second-order valence-electron chi connectivity index (χ2n) is 10.8. The van der Waals surface area contributed by atoms with Crippen LogP contribution in [0.3, 0.4) is 0 Å². The Balaban J connectivity index is 1.52. The predicted molar refractivity (Wildman–Crippen MR) is 164 cm³/mol. The lowest BCUT2D eigenvalue weighted by Crippen LogP contribution is -2.19. The molecule has 0 amide bonds. The first-order valence-corrected chi connectivity index (χ1v) is 15.4. The number of aryl methyl sites for hydroxylation is 1. The van der Waals surface area contributed by atoms with Crippen molar-refractivity contribution in [2.45, 2.75) is 104 Å². The molecule has 5 heteroatoms. The molecule has 3 aromatic rings. The van der Waals surface area contributed by atoms with Crippen molar-refractivity contribution >= 4 is 11.9 Å². The molecule has 0 unspecified atom stereocenters. The van der Waals surface area contributed by atoms with Crippen LogP contribution in [-0.2, 0) is 11.2 Å². The van der Waals surface area contributed by atoms with Crippen LogP contribution in [0.4, 0.5) is 4.39 Å². The van der Waals surface area contributed by atoms with Crippen LogP contribution < -0.4 is 4.74 Å². The molecule has 3 aromatic carbocycles. The minimum Gasteiger partial charge on any atom is -0.459 e. The first-order chi connectivity index (χ1) is 19.9. The third kappa shape index (κ3) is 10.5. The molecule has 4 nitrogen and oxygen atoms in total. The molecule has 0 aromatic heterocycles. The van der Waals surface area contributed by atoms with E-state index < -0.39 is 17.8 Å². The average Bonchev–Trinajstić information content (AvgIpc) is 2.97. The number of unbranched alkanes of at least 4 members (excludes halogenated alkanes) is 6. The first-order valence-electron chi connectivity index (χ1n) is 15.4. The number of carbonyl (C=O) groups excluding carboxylic acids is 2. The van der Waals surface area contributed by atoms with Crippen molar-refractivity contribution in [3.8, 4) is 16.9 Å². The van der Waals surface area contributed by atoms with Gasteiger partial charge in [-0.15, -0.1) is 0 Å². The molecule has 0 heterocycles. The minimum atomic E-state index is -0.780. The molecule has 0 spiro atoms. The van der Waals surface area contributed by atoms with Crippen LogP contribution in [0.25, 0.3) is 11.1 Å². The van der Waals surface area contributed by atoms with Gasteiger partial charge in [0.15, 0.2) is 0 Å². The lowest BCUT2D eigenvalue weighted by atomic mass is 10.00. The van der Waals surface area contributed by atoms with E-state index in [9.17, 15) is 14.0 Å². The van der Waals surface area contributed by atoms with Crippen molar-refractivity contribution < 1.29 is 23.5 Å². The smallest absolute Gasteiger partial charge is 0.343 e. The molecular formula is C36H45FO4. The maximum atomic E-state index is 14.7. The summed E-state index contributed by atoms with van der Waals surface area (Å²) in [5.74, 6) is -2.04. The number of benzene rings is 3. The maximum Gasteiger partial charge on any atom is 0.343 e. The number of ether oxygens (including phenoxy) is 2. The van der Waals surface area contributed by atoms with Crippen molar-refractivity contribution in [1.29, 1.82) is 0 Å². The summed E-state index contributed by atoms with van der Waals surface area (Å²) in [5, 5.41) is 0. The zero-order valence-corrected chi connectivity index (χ0v) is 24.9. The fourth-order valence-corrected chi connectivity index (χ4v) is 4.96. The number of esters is 2. The SMILES string of the molecule is CCCCCCCCCc1ccc(-c2ccc(C(=O)Oc3ccc(C(=O)OC(CCC)CCC)c(F)c3)cc2)cc1. The normalized spacial score (nSPS) is 11.0. The lowest BCUT2D eigenvalue weighted by molar-refractivity contribution is 0.0253. The largest absolute Gasteiger partial charge is 0.459 e. The van der Waals surface area contributed by atoms with Crippen LogP contribution in [0.15, 0.2) is 66.7 Å². The zero-order chi connectivity index (χ0) is 29.5. The van der Waals surface area contributed by atoms with Crippen LogP contribution in [0, 0.1) is 5.82 Å². The summed E-state index contributed by atoms with van der Waals surface area (Å²) in [6, 6.07) is 19.5.